The van der Waals surface area contributed by atoms with Gasteiger partial charge in [0.1, 0.15) is 17.2 Å². The number of carbonyl (C=O) groups is 1. The van der Waals surface area contributed by atoms with E-state index in [-0.39, 0.29) is 11.4 Å². The lowest BCUT2D eigenvalue weighted by Gasteiger charge is -2.19. The van der Waals surface area contributed by atoms with E-state index < -0.39 is 24.1 Å². The van der Waals surface area contributed by atoms with Crippen molar-refractivity contribution in [3.63, 3.8) is 0 Å². The Morgan fingerprint density at radius 3 is 2.76 bits per heavy atom. The topological polar surface area (TPSA) is 71.5 Å². The lowest BCUT2D eigenvalue weighted by atomic mass is 10.2. The first-order valence-corrected chi connectivity index (χ1v) is 5.07. The van der Waals surface area contributed by atoms with Gasteiger partial charge in [0.25, 0.3) is 0 Å². The number of pyridine rings is 1. The van der Waals surface area contributed by atoms with Crippen LogP contribution in [0.25, 0.3) is 0 Å². The number of hydrogen-bond acceptors (Lipinski definition) is 4. The summed E-state index contributed by atoms with van der Waals surface area (Å²) in [5.41, 5.74) is -0.727. The van der Waals surface area contributed by atoms with E-state index in [9.17, 15) is 9.18 Å². The fourth-order valence-corrected chi connectivity index (χ4v) is 1.13. The van der Waals surface area contributed by atoms with Crippen molar-refractivity contribution in [1.29, 1.82) is 0 Å². The molecule has 1 aromatic heterocycles. The average molecular weight is 242 g/mol. The van der Waals surface area contributed by atoms with E-state index in [0.29, 0.717) is 0 Å². The molecule has 17 heavy (non-hydrogen) atoms. The van der Waals surface area contributed by atoms with Crippen LogP contribution < -0.4 is 5.32 Å². The monoisotopic (exact) mass is 242 g/mol. The number of aromatic nitrogens is 1. The zero-order valence-electron chi connectivity index (χ0n) is 9.95. The van der Waals surface area contributed by atoms with E-state index in [0.717, 1.165) is 6.07 Å². The van der Waals surface area contributed by atoms with Gasteiger partial charge in [0.15, 0.2) is 0 Å². The Hall–Kier alpha value is -1.69. The van der Waals surface area contributed by atoms with Gasteiger partial charge in [-0.05, 0) is 26.8 Å². The van der Waals surface area contributed by atoms with E-state index in [4.69, 9.17) is 9.84 Å². The number of ether oxygens (including phenoxy) is 1. The molecule has 1 rings (SSSR count). The molecule has 0 bridgehead atoms. The number of rotatable bonds is 2. The molecule has 0 atom stereocenters. The van der Waals surface area contributed by atoms with Crippen LogP contribution in [0, 0.1) is 5.82 Å². The number of halogens is 1. The van der Waals surface area contributed by atoms with Gasteiger partial charge in [0.05, 0.1) is 12.2 Å². The molecule has 0 fully saturated rings. The Balaban J connectivity index is 2.82. The highest BCUT2D eigenvalue weighted by Crippen LogP contribution is 2.17. The number of aliphatic hydroxyl groups is 1. The van der Waals surface area contributed by atoms with E-state index in [1.807, 2.05) is 0 Å². The molecule has 0 aliphatic heterocycles. The smallest absolute Gasteiger partial charge is 0.413 e. The predicted molar refractivity (Wildman–Crippen MR) is 60.0 cm³/mol. The van der Waals surface area contributed by atoms with Gasteiger partial charge in [-0.15, -0.1) is 0 Å². The molecule has 1 amide bonds. The highest BCUT2D eigenvalue weighted by atomic mass is 19.1. The van der Waals surface area contributed by atoms with Crippen LogP contribution in [0.1, 0.15) is 26.3 Å². The Morgan fingerprint density at radius 2 is 2.24 bits per heavy atom. The van der Waals surface area contributed by atoms with Gasteiger partial charge < -0.3 is 9.84 Å². The minimum absolute atomic E-state index is 0.0400. The number of anilines is 1. The maximum absolute atomic E-state index is 13.2. The maximum Gasteiger partial charge on any atom is 0.413 e. The molecule has 0 spiro atoms. The van der Waals surface area contributed by atoms with E-state index in [1.165, 1.54) is 6.20 Å². The molecule has 0 unspecified atom stereocenters. The molecule has 5 nitrogen and oxygen atoms in total. The van der Waals surface area contributed by atoms with Crippen molar-refractivity contribution in [2.75, 3.05) is 5.32 Å². The summed E-state index contributed by atoms with van der Waals surface area (Å²) < 4.78 is 18.2. The Bertz CT molecular complexity index is 416. The van der Waals surface area contributed by atoms with Gasteiger partial charge in [-0.1, -0.05) is 0 Å². The van der Waals surface area contributed by atoms with Crippen molar-refractivity contribution in [3.05, 3.63) is 23.6 Å². The van der Waals surface area contributed by atoms with Crippen LogP contribution in [0.15, 0.2) is 12.3 Å². The third-order valence-corrected chi connectivity index (χ3v) is 1.78. The largest absolute Gasteiger partial charge is 0.444 e. The molecule has 0 aliphatic carbocycles. The molecule has 0 saturated carbocycles. The van der Waals surface area contributed by atoms with Crippen LogP contribution in [0.3, 0.4) is 0 Å². The molecule has 0 saturated heterocycles. The van der Waals surface area contributed by atoms with Gasteiger partial charge in [0, 0.05) is 6.20 Å². The Morgan fingerprint density at radius 1 is 1.59 bits per heavy atom. The highest BCUT2D eigenvalue weighted by Gasteiger charge is 2.18. The van der Waals surface area contributed by atoms with Gasteiger partial charge in [-0.25, -0.2) is 14.2 Å². The second kappa shape index (κ2) is 5.09. The quantitative estimate of drug-likeness (QED) is 0.832. The molecule has 0 aliphatic rings. The van der Waals surface area contributed by atoms with E-state index >= 15 is 0 Å². The SMILES string of the molecule is CC(C)(C)OC(=O)Nc1nccc(F)c1CO. The van der Waals surface area contributed by atoms with Crippen molar-refractivity contribution in [2.24, 2.45) is 0 Å². The summed E-state index contributed by atoms with van der Waals surface area (Å²) in [6.07, 6.45) is 0.451. The minimum Gasteiger partial charge on any atom is -0.444 e. The number of carbonyl (C=O) groups excluding carboxylic acids is 1. The van der Waals surface area contributed by atoms with Crippen LogP contribution in [0.2, 0.25) is 0 Å². The second-order valence-electron chi connectivity index (χ2n) is 4.40. The number of aliphatic hydroxyl groups excluding tert-OH is 1. The van der Waals surface area contributed by atoms with Crippen molar-refractivity contribution in [2.45, 2.75) is 33.0 Å². The lowest BCUT2D eigenvalue weighted by molar-refractivity contribution is 0.0635. The fraction of sp³-hybridized carbons (Fsp3) is 0.455. The Labute approximate surface area is 98.6 Å². The normalized spacial score (nSPS) is 11.1. The first-order valence-electron chi connectivity index (χ1n) is 5.07. The summed E-state index contributed by atoms with van der Waals surface area (Å²) >= 11 is 0. The molecule has 0 aromatic carbocycles. The maximum atomic E-state index is 13.2. The summed E-state index contributed by atoms with van der Waals surface area (Å²) in [6, 6.07) is 1.10. The number of nitrogens with zero attached hydrogens (tertiary/aromatic N) is 1. The first kappa shape index (κ1) is 13.4. The number of hydrogen-bond donors (Lipinski definition) is 2. The highest BCUT2D eigenvalue weighted by molar-refractivity contribution is 5.84. The van der Waals surface area contributed by atoms with E-state index in [2.05, 4.69) is 10.3 Å². The molecule has 1 aromatic rings. The van der Waals surface area contributed by atoms with Gasteiger partial charge >= 0.3 is 6.09 Å². The summed E-state index contributed by atoms with van der Waals surface area (Å²) in [4.78, 5) is 15.2. The standard InChI is InChI=1S/C11H15FN2O3/c1-11(2,3)17-10(16)14-9-7(6-15)8(12)4-5-13-9/h4-5,15H,6H2,1-3H3,(H,13,14,16). The molecule has 94 valence electrons. The number of nitrogens with one attached hydrogen (secondary N) is 1. The van der Waals surface area contributed by atoms with Gasteiger partial charge in [-0.2, -0.15) is 0 Å². The van der Waals surface area contributed by atoms with Crippen LogP contribution in [0.4, 0.5) is 15.0 Å². The third kappa shape index (κ3) is 3.99. The van der Waals surface area contributed by atoms with Crippen molar-refractivity contribution >= 4 is 11.9 Å². The zero-order valence-corrected chi connectivity index (χ0v) is 9.95. The molecule has 0 radical (unpaired) electrons. The van der Waals surface area contributed by atoms with Crippen LogP contribution in [0.5, 0.6) is 0 Å². The van der Waals surface area contributed by atoms with Gasteiger partial charge in [0.2, 0.25) is 0 Å². The zero-order chi connectivity index (χ0) is 13.1. The molecule has 6 heteroatoms. The minimum atomic E-state index is -0.745. The molecular weight excluding hydrogens is 227 g/mol. The number of amides is 1. The lowest BCUT2D eigenvalue weighted by Crippen LogP contribution is -2.28. The summed E-state index contributed by atoms with van der Waals surface area (Å²) in [6.45, 7) is 4.57. The molecule has 2 N–H and O–H groups in total. The predicted octanol–water partition coefficient (Wildman–Crippen LogP) is 2.06. The average Bonchev–Trinajstić information content (AvgIpc) is 2.14. The van der Waals surface area contributed by atoms with Crippen molar-refractivity contribution in [1.82, 2.24) is 4.98 Å². The van der Waals surface area contributed by atoms with Crippen LogP contribution in [-0.2, 0) is 11.3 Å². The first-order chi connectivity index (χ1) is 7.83. The van der Waals surface area contributed by atoms with Gasteiger partial charge in [-0.3, -0.25) is 5.32 Å². The third-order valence-electron chi connectivity index (χ3n) is 1.78. The molecular formula is C11H15FN2O3. The van der Waals surface area contributed by atoms with E-state index in [1.54, 1.807) is 20.8 Å². The molecule has 1 heterocycles. The summed E-state index contributed by atoms with van der Waals surface area (Å²) in [7, 11) is 0. The van der Waals surface area contributed by atoms with Crippen molar-refractivity contribution < 1.29 is 19.0 Å². The summed E-state index contributed by atoms with van der Waals surface area (Å²) in [5.74, 6) is -0.671. The summed E-state index contributed by atoms with van der Waals surface area (Å²) in [5, 5.41) is 11.3. The van der Waals surface area contributed by atoms with Crippen molar-refractivity contribution in [3.8, 4) is 0 Å². The second-order valence-corrected chi connectivity index (χ2v) is 4.40. The fourth-order valence-electron chi connectivity index (χ4n) is 1.13. The van der Waals surface area contributed by atoms with Crippen LogP contribution >= 0.6 is 0 Å². The Kier molecular flexibility index (Phi) is 4.01. The van der Waals surface area contributed by atoms with Crippen LogP contribution in [-0.4, -0.2) is 21.8 Å².